The van der Waals surface area contributed by atoms with Crippen LogP contribution >= 0.6 is 0 Å². The number of hydrogen-bond acceptors (Lipinski definition) is 5. The molecular formula is C18H19N5O2. The summed E-state index contributed by atoms with van der Waals surface area (Å²) in [5.74, 6) is -0.263. The third-order valence-corrected chi connectivity index (χ3v) is 3.89. The van der Waals surface area contributed by atoms with Gasteiger partial charge >= 0.3 is 0 Å². The molecule has 3 aromatic rings. The first-order chi connectivity index (χ1) is 12.0. The summed E-state index contributed by atoms with van der Waals surface area (Å²) in [6.45, 7) is 3.59. The first kappa shape index (κ1) is 16.8. The predicted molar refractivity (Wildman–Crippen MR) is 94.1 cm³/mol. The summed E-state index contributed by atoms with van der Waals surface area (Å²) in [4.78, 5) is 33.0. The maximum Gasteiger partial charge on any atom is 0.275 e. The highest BCUT2D eigenvalue weighted by molar-refractivity contribution is 5.83. The van der Waals surface area contributed by atoms with Gasteiger partial charge in [-0.25, -0.2) is 4.68 Å². The lowest BCUT2D eigenvalue weighted by molar-refractivity contribution is -0.122. The summed E-state index contributed by atoms with van der Waals surface area (Å²) in [5.41, 5.74) is 1.25. The minimum atomic E-state index is -0.266. The van der Waals surface area contributed by atoms with E-state index in [9.17, 15) is 9.59 Å². The highest BCUT2D eigenvalue weighted by Gasteiger charge is 2.13. The normalized spacial score (nSPS) is 12.1. The largest absolute Gasteiger partial charge is 0.352 e. The van der Waals surface area contributed by atoms with E-state index in [1.54, 1.807) is 30.7 Å². The number of aryl methyl sites for hydroxylation is 1. The van der Waals surface area contributed by atoms with Crippen molar-refractivity contribution < 1.29 is 4.79 Å². The third-order valence-electron chi connectivity index (χ3n) is 3.89. The average Bonchev–Trinajstić information content (AvgIpc) is 2.60. The van der Waals surface area contributed by atoms with Crippen molar-refractivity contribution in [2.45, 2.75) is 32.9 Å². The summed E-state index contributed by atoms with van der Waals surface area (Å²) < 4.78 is 1.21. The summed E-state index contributed by atoms with van der Waals surface area (Å²) in [6, 6.07) is 7.14. The predicted octanol–water partition coefficient (Wildman–Crippen LogP) is 1.24. The van der Waals surface area contributed by atoms with E-state index >= 15 is 0 Å². The molecular weight excluding hydrogens is 318 g/mol. The third kappa shape index (κ3) is 3.88. The van der Waals surface area contributed by atoms with Gasteiger partial charge in [0, 0.05) is 36.4 Å². The lowest BCUT2D eigenvalue weighted by Gasteiger charge is -2.14. The Bertz CT molecular complexity index is 953. The number of aromatic nitrogens is 4. The Labute approximate surface area is 144 Å². The molecule has 0 aliphatic heterocycles. The Kier molecular flexibility index (Phi) is 4.83. The van der Waals surface area contributed by atoms with Crippen LogP contribution in [0, 0.1) is 6.92 Å². The maximum absolute atomic E-state index is 12.5. The van der Waals surface area contributed by atoms with E-state index in [4.69, 9.17) is 0 Å². The van der Waals surface area contributed by atoms with Crippen molar-refractivity contribution in [2.75, 3.05) is 0 Å². The van der Waals surface area contributed by atoms with Crippen molar-refractivity contribution in [2.24, 2.45) is 0 Å². The molecule has 128 valence electrons. The van der Waals surface area contributed by atoms with E-state index < -0.39 is 0 Å². The molecule has 0 saturated carbocycles. The van der Waals surface area contributed by atoms with Gasteiger partial charge in [0.25, 0.3) is 5.56 Å². The molecule has 0 spiro atoms. The molecule has 0 aliphatic rings. The molecule has 3 rings (SSSR count). The van der Waals surface area contributed by atoms with Gasteiger partial charge in [-0.15, -0.1) is 0 Å². The van der Waals surface area contributed by atoms with Crippen LogP contribution < -0.4 is 10.9 Å². The smallest absolute Gasteiger partial charge is 0.275 e. The van der Waals surface area contributed by atoms with E-state index in [1.807, 2.05) is 26.0 Å². The molecule has 25 heavy (non-hydrogen) atoms. The van der Waals surface area contributed by atoms with Crippen LogP contribution in [0.3, 0.4) is 0 Å². The molecule has 2 aromatic heterocycles. The molecule has 0 saturated heterocycles. The summed E-state index contributed by atoms with van der Waals surface area (Å²) >= 11 is 0. The number of nitrogens with one attached hydrogen (secondary N) is 1. The monoisotopic (exact) mass is 337 g/mol. The van der Waals surface area contributed by atoms with Crippen molar-refractivity contribution in [1.82, 2.24) is 25.1 Å². The zero-order valence-electron chi connectivity index (χ0n) is 14.1. The molecule has 7 nitrogen and oxygen atoms in total. The molecule has 1 unspecified atom stereocenters. The van der Waals surface area contributed by atoms with Crippen LogP contribution in [-0.4, -0.2) is 31.7 Å². The molecule has 0 bridgehead atoms. The average molecular weight is 337 g/mol. The number of nitrogens with zero attached hydrogens (tertiary/aromatic N) is 4. The molecule has 1 atom stereocenters. The van der Waals surface area contributed by atoms with Gasteiger partial charge in [-0.2, -0.15) is 5.10 Å². The topological polar surface area (TPSA) is 89.8 Å². The van der Waals surface area contributed by atoms with Crippen LogP contribution in [0.2, 0.25) is 0 Å². The number of carbonyl (C=O) groups is 1. The second-order valence-electron chi connectivity index (χ2n) is 5.96. The van der Waals surface area contributed by atoms with Crippen LogP contribution in [0.5, 0.6) is 0 Å². The van der Waals surface area contributed by atoms with Gasteiger partial charge < -0.3 is 5.32 Å². The van der Waals surface area contributed by atoms with Gasteiger partial charge in [0.05, 0.1) is 16.8 Å². The van der Waals surface area contributed by atoms with E-state index in [-0.39, 0.29) is 24.1 Å². The molecule has 2 heterocycles. The van der Waals surface area contributed by atoms with Gasteiger partial charge in [0.1, 0.15) is 6.54 Å². The zero-order valence-corrected chi connectivity index (χ0v) is 14.1. The van der Waals surface area contributed by atoms with Crippen LogP contribution in [0.1, 0.15) is 18.3 Å². The van der Waals surface area contributed by atoms with Crippen LogP contribution in [0.4, 0.5) is 0 Å². The number of fused-ring (bicyclic) bond motifs is 1. The van der Waals surface area contributed by atoms with E-state index in [1.165, 1.54) is 4.68 Å². The second kappa shape index (κ2) is 7.21. The van der Waals surface area contributed by atoms with Gasteiger partial charge in [-0.3, -0.25) is 19.6 Å². The Morgan fingerprint density at radius 1 is 1.24 bits per heavy atom. The number of carbonyl (C=O) groups excluding carboxylic acids is 1. The van der Waals surface area contributed by atoms with Crippen molar-refractivity contribution in [3.8, 4) is 0 Å². The molecule has 1 N–H and O–H groups in total. The Morgan fingerprint density at radius 3 is 2.72 bits per heavy atom. The molecule has 1 aromatic carbocycles. The van der Waals surface area contributed by atoms with Crippen molar-refractivity contribution >= 4 is 16.7 Å². The van der Waals surface area contributed by atoms with Crippen molar-refractivity contribution in [1.29, 1.82) is 0 Å². The lowest BCUT2D eigenvalue weighted by atomic mass is 10.1. The first-order valence-corrected chi connectivity index (χ1v) is 8.05. The minimum absolute atomic E-state index is 0.116. The van der Waals surface area contributed by atoms with Gasteiger partial charge in [-0.1, -0.05) is 18.2 Å². The van der Waals surface area contributed by atoms with Crippen molar-refractivity contribution in [3.63, 3.8) is 0 Å². The fourth-order valence-corrected chi connectivity index (χ4v) is 2.77. The van der Waals surface area contributed by atoms with Crippen LogP contribution in [0.25, 0.3) is 10.8 Å². The number of rotatable bonds is 5. The number of benzene rings is 1. The molecule has 0 fully saturated rings. The van der Waals surface area contributed by atoms with E-state index in [0.717, 1.165) is 16.8 Å². The maximum atomic E-state index is 12.5. The lowest BCUT2D eigenvalue weighted by Crippen LogP contribution is -2.39. The van der Waals surface area contributed by atoms with Gasteiger partial charge in [0.2, 0.25) is 5.91 Å². The second-order valence-corrected chi connectivity index (χ2v) is 5.96. The standard InChI is InChI=1S/C18H19N5O2/c1-12(9-14-10-19-7-8-20-14)21-17(24)11-23-18(25)16-6-4-3-5-15(16)13(2)22-23/h3-8,10,12H,9,11H2,1-2H3,(H,21,24). The highest BCUT2D eigenvalue weighted by Crippen LogP contribution is 2.11. The van der Waals surface area contributed by atoms with Gasteiger partial charge in [0.15, 0.2) is 0 Å². The molecule has 0 radical (unpaired) electrons. The van der Waals surface area contributed by atoms with E-state index in [2.05, 4.69) is 20.4 Å². The van der Waals surface area contributed by atoms with Crippen LogP contribution in [0.15, 0.2) is 47.7 Å². The fraction of sp³-hybridized carbons (Fsp3) is 0.278. The fourth-order valence-electron chi connectivity index (χ4n) is 2.77. The summed E-state index contributed by atoms with van der Waals surface area (Å²) in [7, 11) is 0. The number of amides is 1. The van der Waals surface area contributed by atoms with Gasteiger partial charge in [-0.05, 0) is 19.9 Å². The van der Waals surface area contributed by atoms with E-state index in [0.29, 0.717) is 11.8 Å². The molecule has 0 aliphatic carbocycles. The first-order valence-electron chi connectivity index (χ1n) is 8.05. The molecule has 1 amide bonds. The Balaban J connectivity index is 1.72. The van der Waals surface area contributed by atoms with Crippen LogP contribution in [-0.2, 0) is 17.8 Å². The Morgan fingerprint density at radius 2 is 2.00 bits per heavy atom. The zero-order chi connectivity index (χ0) is 17.8. The number of hydrogen-bond donors (Lipinski definition) is 1. The van der Waals surface area contributed by atoms with Crippen molar-refractivity contribution in [3.05, 3.63) is 64.6 Å². The highest BCUT2D eigenvalue weighted by atomic mass is 16.2. The summed E-state index contributed by atoms with van der Waals surface area (Å²) in [6.07, 6.45) is 5.46. The summed E-state index contributed by atoms with van der Waals surface area (Å²) in [5, 5.41) is 8.49. The molecule has 7 heteroatoms. The minimum Gasteiger partial charge on any atom is -0.352 e. The SMILES string of the molecule is Cc1nn(CC(=O)NC(C)Cc2cnccn2)c(=O)c2ccccc12. The quantitative estimate of drug-likeness (QED) is 0.756. The Hall–Kier alpha value is -3.09.